The van der Waals surface area contributed by atoms with E-state index in [4.69, 9.17) is 25.1 Å². The number of carbonyl (C=O) groups is 3. The van der Waals surface area contributed by atoms with Gasteiger partial charge in [0.05, 0.1) is 23.3 Å². The number of piperazine rings is 1. The number of nitrogens with zero attached hydrogens (tertiary/aromatic N) is 9. The Kier molecular flexibility index (Phi) is 14.9. The van der Waals surface area contributed by atoms with Crippen LogP contribution in [0.2, 0.25) is 0 Å². The first-order valence-corrected chi connectivity index (χ1v) is 23.9. The van der Waals surface area contributed by atoms with E-state index in [0.29, 0.717) is 72.6 Å². The molecule has 1 saturated carbocycles. The van der Waals surface area contributed by atoms with E-state index in [2.05, 4.69) is 63.0 Å². The van der Waals surface area contributed by atoms with E-state index < -0.39 is 6.04 Å². The van der Waals surface area contributed by atoms with Gasteiger partial charge in [0.25, 0.3) is 0 Å². The van der Waals surface area contributed by atoms with Crippen molar-refractivity contribution in [3.05, 3.63) is 54.2 Å². The second kappa shape index (κ2) is 21.1. The third kappa shape index (κ3) is 10.7. The molecule has 4 aromatic heterocycles. The molecule has 17 nitrogen and oxygen atoms in total. The van der Waals surface area contributed by atoms with Crippen molar-refractivity contribution < 1.29 is 23.6 Å². The number of hydrogen-bond donors (Lipinski definition) is 3. The van der Waals surface area contributed by atoms with Crippen LogP contribution in [0.5, 0.6) is 0 Å². The van der Waals surface area contributed by atoms with Crippen molar-refractivity contribution >= 4 is 61.2 Å². The molecular weight excluding hydrogens is 844 g/mol. The van der Waals surface area contributed by atoms with Gasteiger partial charge >= 0.3 is 6.09 Å². The highest BCUT2D eigenvalue weighted by Crippen LogP contribution is 2.48. The van der Waals surface area contributed by atoms with Crippen molar-refractivity contribution in [1.29, 1.82) is 0 Å². The molecule has 1 aromatic carbocycles. The van der Waals surface area contributed by atoms with Gasteiger partial charge in [0.1, 0.15) is 35.3 Å². The maximum absolute atomic E-state index is 13.0. The van der Waals surface area contributed by atoms with Gasteiger partial charge in [-0.1, -0.05) is 37.4 Å². The fourth-order valence-corrected chi connectivity index (χ4v) is 9.61. The van der Waals surface area contributed by atoms with Crippen molar-refractivity contribution in [3.8, 4) is 22.6 Å². The maximum atomic E-state index is 13.0. The number of aromatic nitrogens is 6. The van der Waals surface area contributed by atoms with E-state index in [0.717, 1.165) is 124 Å². The zero-order valence-electron chi connectivity index (χ0n) is 37.9. The Hall–Kier alpha value is -5.67. The van der Waals surface area contributed by atoms with Crippen LogP contribution in [0.25, 0.3) is 33.7 Å². The van der Waals surface area contributed by atoms with Gasteiger partial charge in [-0.05, 0) is 106 Å². The number of carbonyl (C=O) groups excluding carboxylic acids is 3. The first-order valence-electron chi connectivity index (χ1n) is 23.4. The lowest BCUT2D eigenvalue weighted by Gasteiger charge is -2.37. The molecule has 0 bridgehead atoms. The highest BCUT2D eigenvalue weighted by atomic mass is 31.0. The summed E-state index contributed by atoms with van der Waals surface area (Å²) in [5, 5.41) is 16.7. The number of nitrogens with two attached hydrogens (primary N) is 1. The molecule has 2 aliphatic heterocycles. The molecule has 0 spiro atoms. The summed E-state index contributed by atoms with van der Waals surface area (Å²) in [4.78, 5) is 56.6. The van der Waals surface area contributed by atoms with Gasteiger partial charge in [0, 0.05) is 68.8 Å². The van der Waals surface area contributed by atoms with Gasteiger partial charge in [0.15, 0.2) is 5.65 Å². The summed E-state index contributed by atoms with van der Waals surface area (Å²) in [6.45, 7) is 12.8. The molecule has 2 atom stereocenters. The quantitative estimate of drug-likeness (QED) is 0.0452. The summed E-state index contributed by atoms with van der Waals surface area (Å²) in [7, 11) is 2.83. The Morgan fingerprint density at radius 3 is 2.43 bits per heavy atom. The van der Waals surface area contributed by atoms with E-state index in [9.17, 15) is 14.4 Å². The SMILES string of the molecule is CCCC(Nc1ccc(N2CCN(CCCCCCOC(=O)N3CCC(c4ccc(-c5c(-c6nn(C(C)C)c7ncnc(N)c67)noc5C5CC5)nc4)CC3)CC2)c(P)c1)C(=O)NC=O. The second-order valence-corrected chi connectivity index (χ2v) is 18.5. The average molecular weight is 907 g/mol. The van der Waals surface area contributed by atoms with E-state index in [1.54, 1.807) is 0 Å². The number of imide groups is 1. The van der Waals surface area contributed by atoms with E-state index in [1.165, 1.54) is 12.0 Å². The molecule has 346 valence electrons. The minimum absolute atomic E-state index is 0.0539. The van der Waals surface area contributed by atoms with Gasteiger partial charge in [-0.25, -0.2) is 19.4 Å². The maximum Gasteiger partial charge on any atom is 0.409 e. The largest absolute Gasteiger partial charge is 0.449 e. The van der Waals surface area contributed by atoms with Crippen LogP contribution in [0.4, 0.5) is 22.0 Å². The van der Waals surface area contributed by atoms with Gasteiger partial charge in [-0.2, -0.15) is 5.10 Å². The fraction of sp³-hybridized carbons (Fsp3) is 0.532. The van der Waals surface area contributed by atoms with Gasteiger partial charge < -0.3 is 30.1 Å². The minimum atomic E-state index is -0.457. The number of rotatable bonds is 19. The smallest absolute Gasteiger partial charge is 0.409 e. The average Bonchev–Trinajstić information content (AvgIpc) is 3.94. The molecule has 8 rings (SSSR count). The van der Waals surface area contributed by atoms with Crippen LogP contribution >= 0.6 is 9.24 Å². The molecule has 1 aliphatic carbocycles. The standard InChI is InChI=1S/C47H63N12O5P/c1-4-9-36(46(61)52-29-60)53-34-13-15-37(38(65)26-34)57-23-21-56(22-24-57)18-7-5-6-8-25-63-47(62)58-19-16-31(17-20-58)33-12-14-35(49-27-33)39-42(55-64-43(39)32-10-11-32)41-40-44(48)50-28-51-45(40)59(54-41)30(2)3/h12-15,26-32,36,53H,4-11,16-25,65H2,1-3H3,(H2,48,50,51)(H,52,60,61). The summed E-state index contributed by atoms with van der Waals surface area (Å²) in [5.41, 5.74) is 13.1. The highest BCUT2D eigenvalue weighted by molar-refractivity contribution is 7.28. The summed E-state index contributed by atoms with van der Waals surface area (Å²) < 4.78 is 13.6. The molecule has 3 fully saturated rings. The molecule has 2 saturated heterocycles. The third-order valence-corrected chi connectivity index (χ3v) is 13.4. The summed E-state index contributed by atoms with van der Waals surface area (Å²) in [6.07, 6.45) is 13.0. The normalized spacial score (nSPS) is 16.6. The number of amides is 3. The molecule has 18 heteroatoms. The van der Waals surface area contributed by atoms with E-state index in [-0.39, 0.29) is 18.0 Å². The zero-order chi connectivity index (χ0) is 45.5. The number of nitrogens with one attached hydrogen (secondary N) is 2. The predicted octanol–water partition coefficient (Wildman–Crippen LogP) is 6.64. The Morgan fingerprint density at radius 1 is 0.954 bits per heavy atom. The number of fused-ring (bicyclic) bond motifs is 1. The van der Waals surface area contributed by atoms with Gasteiger partial charge in [0.2, 0.25) is 12.3 Å². The Morgan fingerprint density at radius 2 is 1.74 bits per heavy atom. The van der Waals surface area contributed by atoms with Gasteiger partial charge in [-0.3, -0.25) is 24.8 Å². The summed E-state index contributed by atoms with van der Waals surface area (Å²) in [6, 6.07) is 9.95. The number of likely N-dealkylation sites (tertiary alicyclic amines) is 1. The Bertz CT molecular complexity index is 2420. The lowest BCUT2D eigenvalue weighted by atomic mass is 9.90. The number of ether oxygens (including phenoxy) is 1. The van der Waals surface area contributed by atoms with Crippen molar-refractivity contribution in [2.24, 2.45) is 0 Å². The second-order valence-electron chi connectivity index (χ2n) is 17.9. The van der Waals surface area contributed by atoms with E-state index >= 15 is 0 Å². The summed E-state index contributed by atoms with van der Waals surface area (Å²) >= 11 is 0. The number of hydrogen-bond acceptors (Lipinski definition) is 14. The number of pyridine rings is 1. The molecule has 6 heterocycles. The number of nitrogen functional groups attached to an aromatic ring is 1. The monoisotopic (exact) mass is 906 g/mol. The highest BCUT2D eigenvalue weighted by Gasteiger charge is 2.36. The third-order valence-electron chi connectivity index (χ3n) is 12.9. The van der Waals surface area contributed by atoms with Crippen molar-refractivity contribution in [2.45, 2.75) is 109 Å². The first-order chi connectivity index (χ1) is 31.6. The van der Waals surface area contributed by atoms with Crippen LogP contribution in [0.1, 0.15) is 114 Å². The number of piperidine rings is 1. The molecule has 0 radical (unpaired) electrons. The molecule has 2 unspecified atom stereocenters. The molecule has 65 heavy (non-hydrogen) atoms. The lowest BCUT2D eigenvalue weighted by Crippen LogP contribution is -2.47. The number of anilines is 3. The molecule has 4 N–H and O–H groups in total. The van der Waals surface area contributed by atoms with Crippen LogP contribution in [0.3, 0.4) is 0 Å². The topological polar surface area (TPSA) is 203 Å². The van der Waals surface area contributed by atoms with Crippen molar-refractivity contribution in [2.75, 3.05) is 68.4 Å². The van der Waals surface area contributed by atoms with Crippen LogP contribution in [0.15, 0.2) is 47.4 Å². The minimum Gasteiger partial charge on any atom is -0.449 e. The Labute approximate surface area is 382 Å². The van der Waals surface area contributed by atoms with Crippen LogP contribution < -0.4 is 26.6 Å². The van der Waals surface area contributed by atoms with Crippen LogP contribution in [-0.2, 0) is 14.3 Å². The van der Waals surface area contributed by atoms with Gasteiger partial charge in [-0.15, -0.1) is 9.24 Å². The molecular formula is C47H63N12O5P. The van der Waals surface area contributed by atoms with Crippen LogP contribution in [0, 0.1) is 0 Å². The molecule has 3 aliphatic rings. The summed E-state index contributed by atoms with van der Waals surface area (Å²) in [5.74, 6) is 1.46. The molecule has 5 aromatic rings. The number of unbranched alkanes of at least 4 members (excludes halogenated alkanes) is 3. The van der Waals surface area contributed by atoms with Crippen LogP contribution in [-0.4, -0.2) is 117 Å². The lowest BCUT2D eigenvalue weighted by molar-refractivity contribution is -0.125. The Balaban J connectivity index is 0.739. The fourth-order valence-electron chi connectivity index (χ4n) is 9.15. The molecule has 3 amide bonds. The van der Waals surface area contributed by atoms with Crippen molar-refractivity contribution in [3.63, 3.8) is 0 Å². The first kappa shape index (κ1) is 45.9. The van der Waals surface area contributed by atoms with Crippen molar-refractivity contribution in [1.82, 2.24) is 45.0 Å². The predicted molar refractivity (Wildman–Crippen MR) is 255 cm³/mol. The zero-order valence-corrected chi connectivity index (χ0v) is 39.0. The van der Waals surface area contributed by atoms with E-state index in [1.807, 2.05) is 48.7 Å². The number of benzene rings is 1.